The van der Waals surface area contributed by atoms with Gasteiger partial charge in [-0.05, 0) is 37.1 Å². The van der Waals surface area contributed by atoms with E-state index in [2.05, 4.69) is 5.32 Å². The molecule has 1 N–H and O–H groups in total. The van der Waals surface area contributed by atoms with Crippen LogP contribution in [-0.4, -0.2) is 41.4 Å². The highest BCUT2D eigenvalue weighted by Gasteiger charge is 2.48. The third kappa shape index (κ3) is 2.67. The van der Waals surface area contributed by atoms with Crippen LogP contribution >= 0.6 is 0 Å². The summed E-state index contributed by atoms with van der Waals surface area (Å²) in [6.45, 7) is 0.432. The Hall–Kier alpha value is -3.09. The molecule has 4 rings (SSSR count). The van der Waals surface area contributed by atoms with Crippen LogP contribution in [0.4, 0.5) is 10.5 Å². The maximum atomic E-state index is 12.7. The summed E-state index contributed by atoms with van der Waals surface area (Å²) in [6, 6.07) is 11.1. The van der Waals surface area contributed by atoms with Crippen molar-refractivity contribution in [3.63, 3.8) is 0 Å². The molecule has 4 amide bonds. The van der Waals surface area contributed by atoms with Gasteiger partial charge >= 0.3 is 6.03 Å². The Labute approximate surface area is 144 Å². The number of carbonyl (C=O) groups is 3. The zero-order valence-electron chi connectivity index (χ0n) is 13.4. The van der Waals surface area contributed by atoms with E-state index < -0.39 is 6.04 Å². The molecule has 0 aliphatic carbocycles. The number of imide groups is 1. The number of hydrogen-bond acceptors (Lipinski definition) is 4. The number of furan rings is 1. The van der Waals surface area contributed by atoms with Gasteiger partial charge in [0.15, 0.2) is 5.76 Å². The van der Waals surface area contributed by atoms with E-state index in [1.54, 1.807) is 41.3 Å². The molecule has 2 saturated heterocycles. The number of benzene rings is 1. The number of anilines is 1. The van der Waals surface area contributed by atoms with E-state index >= 15 is 0 Å². The van der Waals surface area contributed by atoms with Gasteiger partial charge in [-0.15, -0.1) is 0 Å². The number of nitrogens with zero attached hydrogens (tertiary/aromatic N) is 2. The lowest BCUT2D eigenvalue weighted by atomic mass is 9.98. The van der Waals surface area contributed by atoms with E-state index in [0.29, 0.717) is 25.1 Å². The quantitative estimate of drug-likeness (QED) is 0.867. The van der Waals surface area contributed by atoms with E-state index in [0.717, 1.165) is 0 Å². The Morgan fingerprint density at radius 3 is 2.64 bits per heavy atom. The molecule has 7 heteroatoms. The van der Waals surface area contributed by atoms with Crippen molar-refractivity contribution in [3.05, 3.63) is 54.5 Å². The van der Waals surface area contributed by atoms with Crippen LogP contribution in [0.5, 0.6) is 0 Å². The van der Waals surface area contributed by atoms with Crippen molar-refractivity contribution in [3.8, 4) is 0 Å². The van der Waals surface area contributed by atoms with Gasteiger partial charge in [-0.1, -0.05) is 18.2 Å². The summed E-state index contributed by atoms with van der Waals surface area (Å²) in [4.78, 5) is 40.3. The molecule has 0 spiro atoms. The molecule has 128 valence electrons. The van der Waals surface area contributed by atoms with Crippen molar-refractivity contribution < 1.29 is 18.8 Å². The van der Waals surface area contributed by atoms with Crippen molar-refractivity contribution in [1.29, 1.82) is 0 Å². The summed E-state index contributed by atoms with van der Waals surface area (Å²) < 4.78 is 5.08. The highest BCUT2D eigenvalue weighted by atomic mass is 16.3. The highest BCUT2D eigenvalue weighted by molar-refractivity contribution is 6.21. The van der Waals surface area contributed by atoms with E-state index in [1.807, 2.05) is 6.07 Å². The predicted molar refractivity (Wildman–Crippen MR) is 89.0 cm³/mol. The molecule has 2 unspecified atom stereocenters. The Morgan fingerprint density at radius 2 is 1.92 bits per heavy atom. The van der Waals surface area contributed by atoms with E-state index in [9.17, 15) is 14.4 Å². The fourth-order valence-electron chi connectivity index (χ4n) is 3.41. The molecule has 0 saturated carbocycles. The topological polar surface area (TPSA) is 82.9 Å². The van der Waals surface area contributed by atoms with Crippen LogP contribution in [0, 0.1) is 0 Å². The van der Waals surface area contributed by atoms with Crippen molar-refractivity contribution in [2.24, 2.45) is 0 Å². The number of para-hydroxylation sites is 1. The van der Waals surface area contributed by atoms with Crippen LogP contribution in [0.2, 0.25) is 0 Å². The number of nitrogens with one attached hydrogen (secondary N) is 1. The molecule has 0 bridgehead atoms. The third-order valence-corrected chi connectivity index (χ3v) is 4.64. The van der Waals surface area contributed by atoms with Gasteiger partial charge in [-0.25, -0.2) is 9.69 Å². The summed E-state index contributed by atoms with van der Waals surface area (Å²) in [6.07, 6.45) is 2.44. The van der Waals surface area contributed by atoms with Gasteiger partial charge in [0.25, 0.3) is 11.8 Å². The van der Waals surface area contributed by atoms with Gasteiger partial charge in [-0.2, -0.15) is 0 Å². The van der Waals surface area contributed by atoms with E-state index in [1.165, 1.54) is 11.2 Å². The van der Waals surface area contributed by atoms with Crippen LogP contribution in [0.25, 0.3) is 0 Å². The van der Waals surface area contributed by atoms with Crippen LogP contribution in [0.15, 0.2) is 53.1 Å². The molecule has 2 fully saturated rings. The third-order valence-electron chi connectivity index (χ3n) is 4.64. The SMILES string of the molecule is O=C(NC1CCN2C(=O)N(c3ccccc3)C(=O)C2C1)c1ccco1. The first-order chi connectivity index (χ1) is 12.1. The minimum atomic E-state index is -0.539. The second-order valence-electron chi connectivity index (χ2n) is 6.17. The smallest absolute Gasteiger partial charge is 0.332 e. The normalized spacial score (nSPS) is 22.9. The minimum absolute atomic E-state index is 0.175. The van der Waals surface area contributed by atoms with Crippen LogP contribution in [-0.2, 0) is 4.79 Å². The number of fused-ring (bicyclic) bond motifs is 1. The summed E-state index contributed by atoms with van der Waals surface area (Å²) >= 11 is 0. The van der Waals surface area contributed by atoms with Gasteiger partial charge in [0.05, 0.1) is 12.0 Å². The summed E-state index contributed by atoms with van der Waals surface area (Å²) in [5.74, 6) is -0.310. The first-order valence-corrected chi connectivity index (χ1v) is 8.19. The average Bonchev–Trinajstić information content (AvgIpc) is 3.24. The molecule has 0 radical (unpaired) electrons. The van der Waals surface area contributed by atoms with E-state index in [4.69, 9.17) is 4.42 Å². The largest absolute Gasteiger partial charge is 0.459 e. The maximum absolute atomic E-state index is 12.7. The molecule has 2 aliphatic rings. The maximum Gasteiger partial charge on any atom is 0.332 e. The van der Waals surface area contributed by atoms with Crippen LogP contribution in [0.3, 0.4) is 0 Å². The molecule has 2 aromatic rings. The zero-order valence-corrected chi connectivity index (χ0v) is 13.4. The molecule has 1 aromatic heterocycles. The first-order valence-electron chi connectivity index (χ1n) is 8.19. The van der Waals surface area contributed by atoms with Crippen molar-refractivity contribution in [2.75, 3.05) is 11.4 Å². The number of urea groups is 1. The van der Waals surface area contributed by atoms with Crippen molar-refractivity contribution >= 4 is 23.5 Å². The lowest BCUT2D eigenvalue weighted by Crippen LogP contribution is -2.49. The van der Waals surface area contributed by atoms with Gasteiger partial charge in [-0.3, -0.25) is 9.59 Å². The van der Waals surface area contributed by atoms with E-state index in [-0.39, 0.29) is 29.6 Å². The number of carbonyl (C=O) groups excluding carboxylic acids is 3. The summed E-state index contributed by atoms with van der Waals surface area (Å²) in [5, 5.41) is 2.88. The molecular weight excluding hydrogens is 322 g/mol. The number of rotatable bonds is 3. The second kappa shape index (κ2) is 6.08. The first kappa shape index (κ1) is 15.4. The standard InChI is InChI=1S/C18H17N3O4/c22-16(15-7-4-10-25-15)19-12-8-9-20-14(11-12)17(23)21(18(20)24)13-5-2-1-3-6-13/h1-7,10,12,14H,8-9,11H2,(H,19,22). The average molecular weight is 339 g/mol. The summed E-state index contributed by atoms with van der Waals surface area (Å²) in [5.41, 5.74) is 0.572. The fourth-order valence-corrected chi connectivity index (χ4v) is 3.41. The van der Waals surface area contributed by atoms with Gasteiger partial charge < -0.3 is 14.6 Å². The van der Waals surface area contributed by atoms with Gasteiger partial charge in [0, 0.05) is 12.6 Å². The predicted octanol–water partition coefficient (Wildman–Crippen LogP) is 2.01. The number of piperidine rings is 1. The van der Waals surface area contributed by atoms with Gasteiger partial charge in [0.1, 0.15) is 6.04 Å². The molecule has 7 nitrogen and oxygen atoms in total. The highest BCUT2D eigenvalue weighted by Crippen LogP contribution is 2.30. The lowest BCUT2D eigenvalue weighted by molar-refractivity contribution is -0.120. The Morgan fingerprint density at radius 1 is 1.12 bits per heavy atom. The second-order valence-corrected chi connectivity index (χ2v) is 6.17. The Balaban J connectivity index is 1.49. The Bertz CT molecular complexity index is 803. The molecule has 1 aromatic carbocycles. The number of hydrogen-bond donors (Lipinski definition) is 1. The molecule has 25 heavy (non-hydrogen) atoms. The lowest BCUT2D eigenvalue weighted by Gasteiger charge is -2.32. The molecule has 3 heterocycles. The number of amides is 4. The minimum Gasteiger partial charge on any atom is -0.459 e. The Kier molecular flexibility index (Phi) is 3.76. The van der Waals surface area contributed by atoms with Crippen LogP contribution < -0.4 is 10.2 Å². The fraction of sp³-hybridized carbons (Fsp3) is 0.278. The van der Waals surface area contributed by atoms with Gasteiger partial charge in [0.2, 0.25) is 0 Å². The summed E-state index contributed by atoms with van der Waals surface area (Å²) in [7, 11) is 0. The molecule has 2 atom stereocenters. The molecule has 2 aliphatic heterocycles. The van der Waals surface area contributed by atoms with Crippen molar-refractivity contribution in [2.45, 2.75) is 24.9 Å². The molecular formula is C18H17N3O4. The van der Waals surface area contributed by atoms with Crippen LogP contribution in [0.1, 0.15) is 23.4 Å². The van der Waals surface area contributed by atoms with Crippen molar-refractivity contribution in [1.82, 2.24) is 10.2 Å². The monoisotopic (exact) mass is 339 g/mol. The zero-order chi connectivity index (χ0) is 17.4.